The van der Waals surface area contributed by atoms with E-state index in [9.17, 15) is 14.4 Å². The van der Waals surface area contributed by atoms with Gasteiger partial charge in [-0.05, 0) is 26.7 Å². The zero-order valence-corrected chi connectivity index (χ0v) is 17.4. The summed E-state index contributed by atoms with van der Waals surface area (Å²) >= 11 is 1.49. The number of ether oxygens (including phenoxy) is 1. The van der Waals surface area contributed by atoms with E-state index < -0.39 is 12.0 Å². The molecule has 1 saturated carbocycles. The molecule has 0 radical (unpaired) electrons. The number of carbonyl (C=O) groups excluding carboxylic acids is 3. The van der Waals surface area contributed by atoms with Gasteiger partial charge < -0.3 is 4.74 Å². The first kappa shape index (κ1) is 19.8. The number of carbonyl (C=O) groups is 3. The fourth-order valence-corrected chi connectivity index (χ4v) is 4.95. The molecule has 1 aliphatic carbocycles. The average Bonchev–Trinajstić information content (AvgIpc) is 3.30. The Hall–Kier alpha value is -2.54. The van der Waals surface area contributed by atoms with Crippen LogP contribution < -0.4 is 0 Å². The summed E-state index contributed by atoms with van der Waals surface area (Å²) in [5, 5.41) is 2.71. The number of aromatic nitrogens is 1. The van der Waals surface area contributed by atoms with Crippen molar-refractivity contribution in [2.24, 2.45) is 11.8 Å². The third-order valence-corrected chi connectivity index (χ3v) is 6.76. The van der Waals surface area contributed by atoms with Crippen molar-refractivity contribution in [2.75, 3.05) is 0 Å². The molecule has 0 bridgehead atoms. The first-order valence-electron chi connectivity index (χ1n) is 10.0. The highest BCUT2D eigenvalue weighted by Gasteiger charge is 2.51. The molecule has 1 aromatic carbocycles. The molecule has 1 saturated heterocycles. The number of benzene rings is 1. The molecule has 2 amide bonds. The molecule has 3 atom stereocenters. The summed E-state index contributed by atoms with van der Waals surface area (Å²) < 4.78 is 5.38. The Balaban J connectivity index is 1.38. The van der Waals surface area contributed by atoms with Crippen molar-refractivity contribution in [2.45, 2.75) is 52.2 Å². The molecule has 2 heterocycles. The minimum atomic E-state index is -0.907. The Bertz CT molecular complexity index is 913. The number of aryl methyl sites for hydroxylation is 1. The summed E-state index contributed by atoms with van der Waals surface area (Å²) in [6.45, 7) is 3.62. The molecule has 0 spiro atoms. The SMILES string of the molecule is Cc1ccc(-c2nc(COC(=O)[C@H](C)N3C(=O)[C@H]4CCCC[C@H]4C3=O)cs2)cc1. The topological polar surface area (TPSA) is 76.6 Å². The van der Waals surface area contributed by atoms with Crippen LogP contribution in [0, 0.1) is 18.8 Å². The lowest BCUT2D eigenvalue weighted by Gasteiger charge is -2.21. The van der Waals surface area contributed by atoms with Crippen molar-refractivity contribution < 1.29 is 19.1 Å². The smallest absolute Gasteiger partial charge is 0.329 e. The Morgan fingerprint density at radius 2 is 1.79 bits per heavy atom. The number of hydrogen-bond donors (Lipinski definition) is 0. The molecule has 2 aromatic rings. The van der Waals surface area contributed by atoms with E-state index in [0.29, 0.717) is 5.69 Å². The molecule has 6 nitrogen and oxygen atoms in total. The number of esters is 1. The summed E-state index contributed by atoms with van der Waals surface area (Å²) in [4.78, 5) is 43.5. The Morgan fingerprint density at radius 1 is 1.17 bits per heavy atom. The van der Waals surface area contributed by atoms with Crippen LogP contribution in [0.4, 0.5) is 0 Å². The molecule has 0 N–H and O–H groups in total. The zero-order chi connectivity index (χ0) is 20.5. The predicted octanol–water partition coefficient (Wildman–Crippen LogP) is 3.73. The number of fused-ring (bicyclic) bond motifs is 1. The van der Waals surface area contributed by atoms with Gasteiger partial charge in [0.1, 0.15) is 17.7 Å². The molecule has 152 valence electrons. The van der Waals surface area contributed by atoms with Crippen LogP contribution in [-0.2, 0) is 25.7 Å². The zero-order valence-electron chi connectivity index (χ0n) is 16.6. The average molecular weight is 413 g/mol. The van der Waals surface area contributed by atoms with E-state index in [1.54, 1.807) is 6.92 Å². The van der Waals surface area contributed by atoms with Gasteiger partial charge in [-0.15, -0.1) is 11.3 Å². The van der Waals surface area contributed by atoms with Gasteiger partial charge in [-0.3, -0.25) is 14.5 Å². The second-order valence-corrected chi connectivity index (χ2v) is 8.70. The molecule has 7 heteroatoms. The highest BCUT2D eigenvalue weighted by Crippen LogP contribution is 2.39. The molecular weight excluding hydrogens is 388 g/mol. The van der Waals surface area contributed by atoms with Crippen LogP contribution in [0.3, 0.4) is 0 Å². The van der Waals surface area contributed by atoms with Gasteiger partial charge in [-0.2, -0.15) is 0 Å². The summed E-state index contributed by atoms with van der Waals surface area (Å²) in [6, 6.07) is 7.17. The Labute approximate surface area is 173 Å². The molecule has 1 aromatic heterocycles. The molecule has 4 rings (SSSR count). The minimum absolute atomic E-state index is 0.0224. The maximum atomic E-state index is 12.6. The van der Waals surface area contributed by atoms with Crippen molar-refractivity contribution in [3.63, 3.8) is 0 Å². The molecule has 0 unspecified atom stereocenters. The fraction of sp³-hybridized carbons (Fsp3) is 0.455. The van der Waals surface area contributed by atoms with E-state index in [1.807, 2.05) is 36.6 Å². The van der Waals surface area contributed by atoms with Crippen LogP contribution in [0.5, 0.6) is 0 Å². The highest BCUT2D eigenvalue weighted by molar-refractivity contribution is 7.13. The van der Waals surface area contributed by atoms with E-state index in [4.69, 9.17) is 4.74 Å². The lowest BCUT2D eigenvalue weighted by atomic mass is 9.81. The van der Waals surface area contributed by atoms with Crippen LogP contribution in [0.25, 0.3) is 10.6 Å². The summed E-state index contributed by atoms with van der Waals surface area (Å²) in [6.07, 6.45) is 3.38. The van der Waals surface area contributed by atoms with Gasteiger partial charge in [0.15, 0.2) is 0 Å². The number of thiazole rings is 1. The van der Waals surface area contributed by atoms with Crippen LogP contribution in [0.2, 0.25) is 0 Å². The highest BCUT2D eigenvalue weighted by atomic mass is 32.1. The van der Waals surface area contributed by atoms with E-state index in [0.717, 1.165) is 41.2 Å². The van der Waals surface area contributed by atoms with Crippen molar-refractivity contribution in [1.82, 2.24) is 9.88 Å². The first-order chi connectivity index (χ1) is 14.0. The lowest BCUT2D eigenvalue weighted by molar-refractivity contribution is -0.159. The summed E-state index contributed by atoms with van der Waals surface area (Å²) in [5.74, 6) is -1.54. The fourth-order valence-electron chi connectivity index (χ4n) is 4.14. The van der Waals surface area contributed by atoms with Crippen molar-refractivity contribution in [1.29, 1.82) is 0 Å². The van der Waals surface area contributed by atoms with Crippen molar-refractivity contribution in [3.05, 3.63) is 40.9 Å². The second-order valence-electron chi connectivity index (χ2n) is 7.84. The molecule has 29 heavy (non-hydrogen) atoms. The number of hydrogen-bond acceptors (Lipinski definition) is 6. The maximum absolute atomic E-state index is 12.6. The third-order valence-electron chi connectivity index (χ3n) is 5.82. The monoisotopic (exact) mass is 412 g/mol. The van der Waals surface area contributed by atoms with Crippen LogP contribution >= 0.6 is 11.3 Å². The molecular formula is C22H24N2O4S. The van der Waals surface area contributed by atoms with Gasteiger partial charge in [0, 0.05) is 10.9 Å². The van der Waals surface area contributed by atoms with Gasteiger partial charge in [-0.1, -0.05) is 42.7 Å². The van der Waals surface area contributed by atoms with Crippen LogP contribution in [-0.4, -0.2) is 33.7 Å². The number of amides is 2. The number of rotatable bonds is 5. The van der Waals surface area contributed by atoms with Crippen LogP contribution in [0.15, 0.2) is 29.6 Å². The van der Waals surface area contributed by atoms with E-state index in [-0.39, 0.29) is 30.3 Å². The summed E-state index contributed by atoms with van der Waals surface area (Å²) in [5.41, 5.74) is 2.85. The van der Waals surface area contributed by atoms with E-state index in [2.05, 4.69) is 4.98 Å². The molecule has 1 aliphatic heterocycles. The Kier molecular flexibility index (Phi) is 5.50. The maximum Gasteiger partial charge on any atom is 0.329 e. The van der Waals surface area contributed by atoms with Gasteiger partial charge >= 0.3 is 5.97 Å². The predicted molar refractivity (Wildman–Crippen MR) is 109 cm³/mol. The lowest BCUT2D eigenvalue weighted by Crippen LogP contribution is -2.44. The third kappa shape index (κ3) is 3.83. The molecule has 2 fully saturated rings. The first-order valence-corrected chi connectivity index (χ1v) is 10.9. The number of likely N-dealkylation sites (tertiary alicyclic amines) is 1. The van der Waals surface area contributed by atoms with Gasteiger partial charge in [0.2, 0.25) is 11.8 Å². The standard InChI is InChI=1S/C22H24N2O4S/c1-13-7-9-15(10-8-13)19-23-16(12-29-19)11-28-22(27)14(2)24-20(25)17-5-3-4-6-18(17)21(24)26/h7-10,12,14,17-18H,3-6,11H2,1-2H3/t14-,17-,18+/m0/s1. The second kappa shape index (κ2) is 8.06. The van der Waals surface area contributed by atoms with Gasteiger partial charge in [0.05, 0.1) is 17.5 Å². The normalized spacial score (nSPS) is 22.5. The molecule has 2 aliphatic rings. The minimum Gasteiger partial charge on any atom is -0.458 e. The Morgan fingerprint density at radius 3 is 2.41 bits per heavy atom. The van der Waals surface area contributed by atoms with Gasteiger partial charge in [-0.25, -0.2) is 9.78 Å². The van der Waals surface area contributed by atoms with E-state index >= 15 is 0 Å². The van der Waals surface area contributed by atoms with Crippen molar-refractivity contribution >= 4 is 29.1 Å². The number of imide groups is 1. The number of nitrogens with zero attached hydrogens (tertiary/aromatic N) is 2. The van der Waals surface area contributed by atoms with Crippen molar-refractivity contribution in [3.8, 4) is 10.6 Å². The van der Waals surface area contributed by atoms with Gasteiger partial charge in [0.25, 0.3) is 0 Å². The van der Waals surface area contributed by atoms with E-state index in [1.165, 1.54) is 16.9 Å². The van der Waals surface area contributed by atoms with Crippen LogP contribution in [0.1, 0.15) is 43.9 Å². The summed E-state index contributed by atoms with van der Waals surface area (Å²) in [7, 11) is 0. The quantitative estimate of drug-likeness (QED) is 0.552. The largest absolute Gasteiger partial charge is 0.458 e.